The van der Waals surface area contributed by atoms with E-state index in [-0.39, 0.29) is 27.7 Å². The number of alkyl halides is 3. The lowest BCUT2D eigenvalue weighted by atomic mass is 9.94. The van der Waals surface area contributed by atoms with Gasteiger partial charge in [-0.05, 0) is 62.4 Å². The van der Waals surface area contributed by atoms with Gasteiger partial charge in [0.1, 0.15) is 23.0 Å². The molecule has 0 unspecified atom stereocenters. The molecule has 0 radical (unpaired) electrons. The molecular formula is C26H18ClF4N3O2. The Balaban J connectivity index is 1.50. The Morgan fingerprint density at radius 1 is 1.08 bits per heavy atom. The van der Waals surface area contributed by atoms with Crippen molar-refractivity contribution in [3.63, 3.8) is 0 Å². The molecule has 3 aromatic carbocycles. The third-order valence-electron chi connectivity index (χ3n) is 5.82. The van der Waals surface area contributed by atoms with Gasteiger partial charge >= 0.3 is 6.18 Å². The van der Waals surface area contributed by atoms with Crippen molar-refractivity contribution < 1.29 is 27.1 Å². The van der Waals surface area contributed by atoms with Crippen LogP contribution in [0.1, 0.15) is 35.5 Å². The van der Waals surface area contributed by atoms with Crippen molar-refractivity contribution in [3.05, 3.63) is 88.3 Å². The maximum absolute atomic E-state index is 14.5. The molecule has 0 bridgehead atoms. The number of fused-ring (bicyclic) bond motifs is 3. The average Bonchev–Trinajstić information content (AvgIpc) is 3.24. The highest BCUT2D eigenvalue weighted by atomic mass is 35.5. The van der Waals surface area contributed by atoms with Crippen LogP contribution in [-0.4, -0.2) is 15.9 Å². The van der Waals surface area contributed by atoms with Gasteiger partial charge in [0.2, 0.25) is 0 Å². The Labute approximate surface area is 208 Å². The fourth-order valence-corrected chi connectivity index (χ4v) is 4.34. The summed E-state index contributed by atoms with van der Waals surface area (Å²) in [4.78, 5) is 20.5. The van der Waals surface area contributed by atoms with E-state index in [1.165, 1.54) is 36.4 Å². The highest BCUT2D eigenvalue weighted by Gasteiger charge is 2.37. The second-order valence-corrected chi connectivity index (χ2v) is 9.17. The van der Waals surface area contributed by atoms with Gasteiger partial charge < -0.3 is 15.0 Å². The van der Waals surface area contributed by atoms with Crippen LogP contribution in [0.4, 0.5) is 23.2 Å². The first-order chi connectivity index (χ1) is 16.9. The Bertz CT molecular complexity index is 1490. The number of aromatic nitrogens is 2. The van der Waals surface area contributed by atoms with Crippen molar-refractivity contribution in [1.29, 1.82) is 0 Å². The van der Waals surface area contributed by atoms with Crippen LogP contribution in [0, 0.1) is 5.82 Å². The molecule has 0 saturated carbocycles. The van der Waals surface area contributed by atoms with Crippen molar-refractivity contribution in [3.8, 4) is 28.4 Å². The number of benzene rings is 3. The fourth-order valence-electron chi connectivity index (χ4n) is 4.09. The zero-order chi connectivity index (χ0) is 25.8. The van der Waals surface area contributed by atoms with Crippen LogP contribution in [-0.2, 0) is 11.8 Å². The summed E-state index contributed by atoms with van der Waals surface area (Å²) >= 11 is 6.22. The Kier molecular flexibility index (Phi) is 5.55. The number of aromatic amines is 1. The van der Waals surface area contributed by atoms with Crippen molar-refractivity contribution in [2.45, 2.75) is 25.6 Å². The minimum atomic E-state index is -4.53. The van der Waals surface area contributed by atoms with Gasteiger partial charge in [0.05, 0.1) is 27.5 Å². The number of nitrogens with one attached hydrogen (secondary N) is 2. The number of hydrogen-bond acceptors (Lipinski definition) is 3. The second-order valence-electron chi connectivity index (χ2n) is 8.76. The summed E-state index contributed by atoms with van der Waals surface area (Å²) in [6.45, 7) is 3.57. The van der Waals surface area contributed by atoms with E-state index in [1.54, 1.807) is 26.0 Å². The quantitative estimate of drug-likeness (QED) is 0.279. The monoisotopic (exact) mass is 515 g/mol. The topological polar surface area (TPSA) is 67.0 Å². The predicted molar refractivity (Wildman–Crippen MR) is 127 cm³/mol. The van der Waals surface area contributed by atoms with Crippen LogP contribution in [0.2, 0.25) is 5.02 Å². The standard InChI is InChI=1S/C26H18ClF4N3O2/c1-25(2)22-21(33-23(34-22)20-17(27)7-4-8-18(20)28)16-10-9-13(11-19(16)36-25)24(35)32-15-6-3-5-14(12-15)26(29,30)31/h3-12H,1-2H3,(H,32,35)(H,33,34). The molecule has 1 amide bonds. The smallest absolute Gasteiger partial charge is 0.416 e. The summed E-state index contributed by atoms with van der Waals surface area (Å²) in [5, 5.41) is 2.68. The molecule has 0 aliphatic carbocycles. The molecule has 1 aromatic heterocycles. The van der Waals surface area contributed by atoms with E-state index in [0.29, 0.717) is 22.7 Å². The van der Waals surface area contributed by atoms with Crippen LogP contribution >= 0.6 is 11.6 Å². The van der Waals surface area contributed by atoms with E-state index in [0.717, 1.165) is 12.1 Å². The van der Waals surface area contributed by atoms with Gasteiger partial charge in [0, 0.05) is 16.8 Å². The van der Waals surface area contributed by atoms with Crippen LogP contribution in [0.25, 0.3) is 22.6 Å². The van der Waals surface area contributed by atoms with Gasteiger partial charge in [0.25, 0.3) is 5.91 Å². The average molecular weight is 516 g/mol. The highest BCUT2D eigenvalue weighted by molar-refractivity contribution is 6.33. The van der Waals surface area contributed by atoms with Crippen molar-refractivity contribution in [1.82, 2.24) is 9.97 Å². The van der Waals surface area contributed by atoms with E-state index < -0.39 is 29.1 Å². The number of ether oxygens (including phenoxy) is 1. The Hall–Kier alpha value is -3.85. The number of anilines is 1. The van der Waals surface area contributed by atoms with E-state index in [1.807, 2.05) is 0 Å². The molecule has 184 valence electrons. The first kappa shape index (κ1) is 23.9. The first-order valence-corrected chi connectivity index (χ1v) is 11.2. The number of carbonyl (C=O) groups excluding carboxylic acids is 1. The second kappa shape index (κ2) is 8.37. The van der Waals surface area contributed by atoms with Gasteiger partial charge in [-0.25, -0.2) is 9.37 Å². The van der Waals surface area contributed by atoms with Crippen LogP contribution in [0.3, 0.4) is 0 Å². The Morgan fingerprint density at radius 3 is 2.56 bits per heavy atom. The number of nitrogens with zero attached hydrogens (tertiary/aromatic N) is 1. The van der Waals surface area contributed by atoms with Crippen molar-refractivity contribution >= 4 is 23.2 Å². The number of carbonyl (C=O) groups is 1. The molecule has 4 aromatic rings. The summed E-state index contributed by atoms with van der Waals surface area (Å²) in [5.41, 5.74) is 0.214. The van der Waals surface area contributed by atoms with Crippen LogP contribution in [0.5, 0.6) is 5.75 Å². The summed E-state index contributed by atoms with van der Waals surface area (Å²) in [6, 6.07) is 13.4. The highest BCUT2D eigenvalue weighted by Crippen LogP contribution is 2.46. The van der Waals surface area contributed by atoms with Gasteiger partial charge in [-0.3, -0.25) is 4.79 Å². The molecule has 5 rings (SSSR count). The number of hydrogen-bond donors (Lipinski definition) is 2. The molecular weight excluding hydrogens is 498 g/mol. The third-order valence-corrected chi connectivity index (χ3v) is 6.13. The normalized spacial score (nSPS) is 14.0. The molecule has 5 nitrogen and oxygen atoms in total. The van der Waals surface area contributed by atoms with E-state index in [9.17, 15) is 22.4 Å². The number of imidazole rings is 1. The van der Waals surface area contributed by atoms with Gasteiger partial charge in [0.15, 0.2) is 0 Å². The molecule has 1 aliphatic rings. The summed E-state index contributed by atoms with van der Waals surface area (Å²) < 4.78 is 59.6. The molecule has 1 aliphatic heterocycles. The van der Waals surface area contributed by atoms with E-state index >= 15 is 0 Å². The van der Waals surface area contributed by atoms with E-state index in [4.69, 9.17) is 16.3 Å². The van der Waals surface area contributed by atoms with Gasteiger partial charge in [-0.2, -0.15) is 13.2 Å². The summed E-state index contributed by atoms with van der Waals surface area (Å²) in [5.74, 6) is -0.555. The molecule has 2 N–H and O–H groups in total. The van der Waals surface area contributed by atoms with Gasteiger partial charge in [-0.1, -0.05) is 23.7 Å². The molecule has 36 heavy (non-hydrogen) atoms. The molecule has 2 heterocycles. The summed E-state index contributed by atoms with van der Waals surface area (Å²) in [7, 11) is 0. The minimum Gasteiger partial charge on any atom is -0.481 e. The van der Waals surface area contributed by atoms with Crippen molar-refractivity contribution in [2.24, 2.45) is 0 Å². The number of amides is 1. The Morgan fingerprint density at radius 2 is 1.83 bits per heavy atom. The molecule has 0 fully saturated rings. The number of H-pyrrole nitrogens is 1. The van der Waals surface area contributed by atoms with Crippen LogP contribution < -0.4 is 10.1 Å². The number of rotatable bonds is 3. The van der Waals surface area contributed by atoms with Crippen LogP contribution in [0.15, 0.2) is 60.7 Å². The lowest BCUT2D eigenvalue weighted by Crippen LogP contribution is -2.29. The lowest BCUT2D eigenvalue weighted by molar-refractivity contribution is -0.137. The fraction of sp³-hybridized carbons (Fsp3) is 0.154. The third kappa shape index (κ3) is 4.19. The lowest BCUT2D eigenvalue weighted by Gasteiger charge is -2.32. The zero-order valence-electron chi connectivity index (χ0n) is 18.9. The zero-order valence-corrected chi connectivity index (χ0v) is 19.7. The predicted octanol–water partition coefficient (Wildman–Crippen LogP) is 7.43. The largest absolute Gasteiger partial charge is 0.481 e. The molecule has 0 atom stereocenters. The van der Waals surface area contributed by atoms with Crippen molar-refractivity contribution in [2.75, 3.05) is 5.32 Å². The number of halogens is 5. The maximum atomic E-state index is 14.5. The minimum absolute atomic E-state index is 0.00906. The first-order valence-electron chi connectivity index (χ1n) is 10.8. The maximum Gasteiger partial charge on any atom is 0.416 e. The molecule has 0 spiro atoms. The molecule has 10 heteroatoms. The van der Waals surface area contributed by atoms with Gasteiger partial charge in [-0.15, -0.1) is 0 Å². The van der Waals surface area contributed by atoms with E-state index in [2.05, 4.69) is 15.3 Å². The summed E-state index contributed by atoms with van der Waals surface area (Å²) in [6.07, 6.45) is -4.53. The molecule has 0 saturated heterocycles. The SMILES string of the molecule is CC1(C)Oc2cc(C(=O)Nc3cccc(C(F)(F)F)c3)ccc2-c2nc(-c3c(F)cccc3Cl)[nH]c21.